The molecule has 0 unspecified atom stereocenters. The van der Waals surface area contributed by atoms with E-state index in [0.717, 1.165) is 12.1 Å². The topological polar surface area (TPSA) is 328 Å². The van der Waals surface area contributed by atoms with Crippen molar-refractivity contribution in [3.8, 4) is 17.2 Å². The van der Waals surface area contributed by atoms with Gasteiger partial charge in [-0.15, -0.1) is 20.5 Å². The average Bonchev–Trinajstić information content (AvgIpc) is 2.91. The first-order chi connectivity index (χ1) is 21.4. The van der Waals surface area contributed by atoms with E-state index in [0.29, 0.717) is 30.3 Å². The van der Waals surface area contributed by atoms with Crippen LogP contribution in [0.25, 0.3) is 10.8 Å². The Morgan fingerprint density at radius 3 is 1.26 bits per heavy atom. The van der Waals surface area contributed by atoms with Crippen LogP contribution >= 0.6 is 23.2 Å². The van der Waals surface area contributed by atoms with Gasteiger partial charge in [-0.1, -0.05) is 23.2 Å². The van der Waals surface area contributed by atoms with Crippen molar-refractivity contribution in [1.82, 2.24) is 0 Å². The summed E-state index contributed by atoms with van der Waals surface area (Å²) >= 11 is 11.6. The number of phenolic OH excluding ortho intramolecular Hbond substituents is 3. The van der Waals surface area contributed by atoms with Gasteiger partial charge in [-0.2, -0.15) is 33.7 Å². The normalized spacial score (nSPS) is 13.2. The third kappa shape index (κ3) is 7.59. The highest BCUT2D eigenvalue weighted by Crippen LogP contribution is 2.46. The minimum atomic E-state index is -5.33. The Hall–Kier alpha value is -4.04. The first-order valence-corrected chi connectivity index (χ1v) is 18.0. The fraction of sp³-hybridized carbons (Fsp3) is 0. The summed E-state index contributed by atoms with van der Waals surface area (Å²) in [6.07, 6.45) is 0. The maximum Gasteiger partial charge on any atom is 0.298 e. The van der Waals surface area contributed by atoms with Gasteiger partial charge in [-0.05, 0) is 47.9 Å². The Morgan fingerprint density at radius 1 is 0.447 bits per heavy atom. The molecule has 25 heteroatoms. The van der Waals surface area contributed by atoms with E-state index in [-0.39, 0.29) is 0 Å². The van der Waals surface area contributed by atoms with Crippen LogP contribution in [0.3, 0.4) is 0 Å². The first-order valence-electron chi connectivity index (χ1n) is 11.5. The smallest absolute Gasteiger partial charge is 0.298 e. The molecule has 0 spiro atoms. The van der Waals surface area contributed by atoms with Gasteiger partial charge in [0.05, 0.1) is 0 Å². The summed E-state index contributed by atoms with van der Waals surface area (Å²) in [7, 11) is -20.7. The molecule has 7 N–H and O–H groups in total. The Labute approximate surface area is 273 Å². The lowest BCUT2D eigenvalue weighted by Crippen LogP contribution is -2.01. The van der Waals surface area contributed by atoms with Crippen molar-refractivity contribution in [2.45, 2.75) is 19.6 Å². The molecule has 0 atom stereocenters. The number of azo groups is 2. The molecule has 0 aliphatic carbocycles. The van der Waals surface area contributed by atoms with Crippen LogP contribution in [0, 0.1) is 0 Å². The average molecular weight is 774 g/mol. The monoisotopic (exact) mass is 772 g/mol. The van der Waals surface area contributed by atoms with E-state index in [1.54, 1.807) is 0 Å². The predicted octanol–water partition coefficient (Wildman–Crippen LogP) is 5.08. The van der Waals surface area contributed by atoms with Crippen LogP contribution in [-0.4, -0.2) is 67.2 Å². The van der Waals surface area contributed by atoms with Crippen LogP contribution in [0.2, 0.25) is 10.0 Å². The number of halogens is 2. The van der Waals surface area contributed by atoms with E-state index < -0.39 is 121 Å². The standard InChI is InChI=1S/C22H14Cl2N4O15S4/c23-9-3-13(21(30)17(5-9)46(38,39)40)26-25-12-7-11-8(1-15(12)44(32,33)34)2-16(45(35,36)37)19(20(11)29)28-27-14-4-10(24)6-18(22(14)31)47(41,42)43/h1-7,29-31H,(H,32,33,34)(H,35,36,37)(H,38,39,40)(H,41,42,43). The molecule has 0 amide bonds. The minimum Gasteiger partial charge on any atom is -0.505 e. The van der Waals surface area contributed by atoms with Crippen molar-refractivity contribution < 1.29 is 67.2 Å². The molecule has 4 rings (SSSR count). The number of fused-ring (bicyclic) bond motifs is 1. The van der Waals surface area contributed by atoms with Crippen molar-refractivity contribution >= 4 is 97.2 Å². The summed E-state index contributed by atoms with van der Waals surface area (Å²) in [5, 5.41) is 43.6. The van der Waals surface area contributed by atoms with Crippen LogP contribution < -0.4 is 0 Å². The molecular weight excluding hydrogens is 759 g/mol. The Balaban J connectivity index is 2.02. The molecule has 47 heavy (non-hydrogen) atoms. The number of hydrogen-bond acceptors (Lipinski definition) is 15. The lowest BCUT2D eigenvalue weighted by atomic mass is 10.1. The number of rotatable bonds is 8. The van der Waals surface area contributed by atoms with Gasteiger partial charge in [0, 0.05) is 15.4 Å². The van der Waals surface area contributed by atoms with Gasteiger partial charge in [-0.3, -0.25) is 18.2 Å². The van der Waals surface area contributed by atoms with Gasteiger partial charge in [0.15, 0.2) is 17.2 Å². The summed E-state index contributed by atoms with van der Waals surface area (Å²) in [5.74, 6) is -3.57. The zero-order valence-electron chi connectivity index (χ0n) is 22.1. The van der Waals surface area contributed by atoms with Crippen molar-refractivity contribution in [2.24, 2.45) is 20.5 Å². The largest absolute Gasteiger partial charge is 0.505 e. The lowest BCUT2D eigenvalue weighted by Gasteiger charge is -2.11. The van der Waals surface area contributed by atoms with Gasteiger partial charge in [0.1, 0.15) is 42.3 Å². The Bertz CT molecular complexity index is 2520. The maximum atomic E-state index is 12.2. The van der Waals surface area contributed by atoms with Crippen molar-refractivity contribution in [3.05, 3.63) is 52.5 Å². The molecule has 0 fully saturated rings. The van der Waals surface area contributed by atoms with Crippen LogP contribution in [0.5, 0.6) is 17.2 Å². The van der Waals surface area contributed by atoms with Crippen LogP contribution in [-0.2, 0) is 40.5 Å². The number of hydrogen-bond donors (Lipinski definition) is 7. The van der Waals surface area contributed by atoms with Gasteiger partial charge in [0.2, 0.25) is 0 Å². The Kier molecular flexibility index (Phi) is 9.30. The summed E-state index contributed by atoms with van der Waals surface area (Å²) in [5.41, 5.74) is -3.44. The van der Waals surface area contributed by atoms with Crippen LogP contribution in [0.4, 0.5) is 22.7 Å². The van der Waals surface area contributed by atoms with Gasteiger partial charge < -0.3 is 15.3 Å². The third-order valence-electron chi connectivity index (χ3n) is 5.80. The molecule has 250 valence electrons. The van der Waals surface area contributed by atoms with E-state index in [4.69, 9.17) is 23.2 Å². The molecular formula is C22H14Cl2N4O15S4. The molecule has 0 radical (unpaired) electrons. The molecule has 4 aromatic carbocycles. The fourth-order valence-corrected chi connectivity index (χ4v) is 6.92. The number of phenols is 3. The second-order valence-electron chi connectivity index (χ2n) is 8.96. The Morgan fingerprint density at radius 2 is 0.830 bits per heavy atom. The number of benzene rings is 4. The van der Waals surface area contributed by atoms with Crippen molar-refractivity contribution in [2.75, 3.05) is 0 Å². The molecule has 19 nitrogen and oxygen atoms in total. The quantitative estimate of drug-likeness (QED) is 0.0906. The molecule has 0 bridgehead atoms. The first kappa shape index (κ1) is 35.8. The maximum absolute atomic E-state index is 12.2. The van der Waals surface area contributed by atoms with E-state index in [2.05, 4.69) is 20.5 Å². The SMILES string of the molecule is O=S(=O)(O)c1cc2cc(S(=O)(=O)O)c(N=Nc3cc(Cl)cc(S(=O)(=O)O)c3O)c(O)c2cc1N=Nc1cc(Cl)cc(S(=O)(=O)O)c1O. The van der Waals surface area contributed by atoms with Crippen LogP contribution in [0.1, 0.15) is 0 Å². The van der Waals surface area contributed by atoms with Crippen LogP contribution in [0.15, 0.2) is 82.5 Å². The van der Waals surface area contributed by atoms with Gasteiger partial charge in [-0.25, -0.2) is 0 Å². The summed E-state index contributed by atoms with van der Waals surface area (Å²) in [4.78, 5) is -4.55. The molecule has 0 aromatic heterocycles. The highest BCUT2D eigenvalue weighted by molar-refractivity contribution is 7.86. The van der Waals surface area contributed by atoms with E-state index in [1.807, 2.05) is 0 Å². The highest BCUT2D eigenvalue weighted by atomic mass is 35.5. The molecule has 0 aliphatic heterocycles. The second-order valence-corrected chi connectivity index (χ2v) is 15.4. The van der Waals surface area contributed by atoms with Gasteiger partial charge >= 0.3 is 0 Å². The second kappa shape index (κ2) is 12.2. The molecule has 0 aliphatic rings. The van der Waals surface area contributed by atoms with Gasteiger partial charge in [0.25, 0.3) is 40.5 Å². The number of nitrogens with zero attached hydrogens (tertiary/aromatic N) is 4. The molecule has 0 saturated carbocycles. The fourth-order valence-electron chi connectivity index (χ4n) is 3.82. The minimum absolute atomic E-state index is 0.391. The molecule has 0 heterocycles. The summed E-state index contributed by atoms with van der Waals surface area (Å²) in [6.45, 7) is 0. The zero-order chi connectivity index (χ0) is 35.4. The molecule has 0 saturated heterocycles. The van der Waals surface area contributed by atoms with E-state index in [9.17, 15) is 67.2 Å². The van der Waals surface area contributed by atoms with E-state index in [1.165, 1.54) is 0 Å². The highest BCUT2D eigenvalue weighted by Gasteiger charge is 2.27. The summed E-state index contributed by atoms with van der Waals surface area (Å²) < 4.78 is 133. The summed E-state index contributed by atoms with van der Waals surface area (Å²) in [6, 6.07) is 4.76. The lowest BCUT2D eigenvalue weighted by molar-refractivity contribution is 0.442. The van der Waals surface area contributed by atoms with Crippen molar-refractivity contribution in [1.29, 1.82) is 0 Å². The van der Waals surface area contributed by atoms with E-state index >= 15 is 0 Å². The molecule has 4 aromatic rings. The number of aromatic hydroxyl groups is 3. The third-order valence-corrected chi connectivity index (χ3v) is 9.72. The predicted molar refractivity (Wildman–Crippen MR) is 159 cm³/mol. The zero-order valence-corrected chi connectivity index (χ0v) is 26.9. The van der Waals surface area contributed by atoms with Crippen molar-refractivity contribution in [3.63, 3.8) is 0 Å².